The molecule has 2 nitrogen and oxygen atoms in total. The quantitative estimate of drug-likeness (QED) is 0.868. The molecule has 1 heterocycles. The Labute approximate surface area is 101 Å². The standard InChI is InChI=1S/C13H15ClN2/c1-3-6-15-13-9(2)7-10-8-11(14)4-5-12(10)16-13/h4-5,7-8H,3,6H2,1-2H3,(H,15,16). The van der Waals surface area contributed by atoms with Gasteiger partial charge in [0.25, 0.3) is 0 Å². The van der Waals surface area contributed by atoms with Gasteiger partial charge in [-0.25, -0.2) is 4.98 Å². The largest absolute Gasteiger partial charge is 0.370 e. The van der Waals surface area contributed by atoms with Crippen molar-refractivity contribution in [3.05, 3.63) is 34.9 Å². The van der Waals surface area contributed by atoms with Gasteiger partial charge in [-0.2, -0.15) is 0 Å². The van der Waals surface area contributed by atoms with Crippen molar-refractivity contribution in [1.82, 2.24) is 4.98 Å². The summed E-state index contributed by atoms with van der Waals surface area (Å²) < 4.78 is 0. The highest BCUT2D eigenvalue weighted by atomic mass is 35.5. The van der Waals surface area contributed by atoms with E-state index >= 15 is 0 Å². The minimum Gasteiger partial charge on any atom is -0.370 e. The van der Waals surface area contributed by atoms with E-state index in [4.69, 9.17) is 11.6 Å². The second kappa shape index (κ2) is 4.71. The summed E-state index contributed by atoms with van der Waals surface area (Å²) in [5.74, 6) is 0.969. The predicted molar refractivity (Wildman–Crippen MR) is 70.3 cm³/mol. The number of benzene rings is 1. The zero-order valence-corrected chi connectivity index (χ0v) is 10.3. The average Bonchev–Trinajstić information content (AvgIpc) is 2.26. The van der Waals surface area contributed by atoms with Crippen LogP contribution < -0.4 is 5.32 Å². The van der Waals surface area contributed by atoms with Crippen molar-refractivity contribution in [3.63, 3.8) is 0 Å². The van der Waals surface area contributed by atoms with Gasteiger partial charge < -0.3 is 5.32 Å². The second-order valence-electron chi connectivity index (χ2n) is 3.92. The van der Waals surface area contributed by atoms with Gasteiger partial charge in [0.1, 0.15) is 5.82 Å². The summed E-state index contributed by atoms with van der Waals surface area (Å²) in [4.78, 5) is 4.58. The SMILES string of the molecule is CCCNc1nc2ccc(Cl)cc2cc1C. The number of pyridine rings is 1. The van der Waals surface area contributed by atoms with E-state index in [0.29, 0.717) is 0 Å². The zero-order chi connectivity index (χ0) is 11.5. The number of nitrogens with zero attached hydrogens (tertiary/aromatic N) is 1. The number of anilines is 1. The third kappa shape index (κ3) is 2.27. The molecule has 0 aliphatic heterocycles. The highest BCUT2D eigenvalue weighted by molar-refractivity contribution is 6.31. The molecule has 0 unspecified atom stereocenters. The Morgan fingerprint density at radius 3 is 2.88 bits per heavy atom. The lowest BCUT2D eigenvalue weighted by molar-refractivity contribution is 0.968. The van der Waals surface area contributed by atoms with E-state index in [0.717, 1.165) is 40.3 Å². The van der Waals surface area contributed by atoms with Gasteiger partial charge in [-0.15, -0.1) is 0 Å². The molecular formula is C13H15ClN2. The number of fused-ring (bicyclic) bond motifs is 1. The van der Waals surface area contributed by atoms with Crippen LogP contribution >= 0.6 is 11.6 Å². The number of rotatable bonds is 3. The molecular weight excluding hydrogens is 220 g/mol. The highest BCUT2D eigenvalue weighted by Crippen LogP contribution is 2.22. The fraction of sp³-hybridized carbons (Fsp3) is 0.308. The number of hydrogen-bond donors (Lipinski definition) is 1. The summed E-state index contributed by atoms with van der Waals surface area (Å²) >= 11 is 5.95. The maximum absolute atomic E-state index is 5.95. The number of hydrogen-bond acceptors (Lipinski definition) is 2. The van der Waals surface area contributed by atoms with E-state index in [1.54, 1.807) is 0 Å². The van der Waals surface area contributed by atoms with Crippen LogP contribution in [0, 0.1) is 6.92 Å². The van der Waals surface area contributed by atoms with Crippen LogP contribution in [0.1, 0.15) is 18.9 Å². The zero-order valence-electron chi connectivity index (χ0n) is 9.55. The molecule has 1 N–H and O–H groups in total. The Hall–Kier alpha value is -1.28. The fourth-order valence-electron chi connectivity index (χ4n) is 1.68. The minimum absolute atomic E-state index is 0.753. The molecule has 0 spiro atoms. The summed E-state index contributed by atoms with van der Waals surface area (Å²) in [6.45, 7) is 5.15. The van der Waals surface area contributed by atoms with Gasteiger partial charge >= 0.3 is 0 Å². The smallest absolute Gasteiger partial charge is 0.129 e. The molecule has 1 aromatic carbocycles. The molecule has 0 aliphatic rings. The van der Waals surface area contributed by atoms with Crippen LogP contribution in [0.3, 0.4) is 0 Å². The van der Waals surface area contributed by atoms with E-state index in [9.17, 15) is 0 Å². The van der Waals surface area contributed by atoms with Gasteiger partial charge in [0.05, 0.1) is 5.52 Å². The van der Waals surface area contributed by atoms with E-state index in [-0.39, 0.29) is 0 Å². The van der Waals surface area contributed by atoms with Crippen molar-refractivity contribution in [3.8, 4) is 0 Å². The summed E-state index contributed by atoms with van der Waals surface area (Å²) in [6.07, 6.45) is 1.10. The lowest BCUT2D eigenvalue weighted by Gasteiger charge is -2.09. The molecule has 1 aromatic heterocycles. The minimum atomic E-state index is 0.753. The molecule has 3 heteroatoms. The molecule has 0 fully saturated rings. The Balaban J connectivity index is 2.45. The summed E-state index contributed by atoms with van der Waals surface area (Å²) in [6, 6.07) is 7.89. The van der Waals surface area contributed by atoms with Gasteiger partial charge in [0, 0.05) is 17.0 Å². The Kier molecular flexibility index (Phi) is 3.30. The molecule has 84 valence electrons. The monoisotopic (exact) mass is 234 g/mol. The molecule has 0 atom stereocenters. The Bertz CT molecular complexity index is 509. The number of aryl methyl sites for hydroxylation is 1. The second-order valence-corrected chi connectivity index (χ2v) is 4.35. The van der Waals surface area contributed by atoms with Crippen molar-refractivity contribution in [2.24, 2.45) is 0 Å². The maximum Gasteiger partial charge on any atom is 0.129 e. The van der Waals surface area contributed by atoms with E-state index in [1.165, 1.54) is 0 Å². The topological polar surface area (TPSA) is 24.9 Å². The number of nitrogens with one attached hydrogen (secondary N) is 1. The number of halogens is 1. The normalized spacial score (nSPS) is 10.7. The third-order valence-corrected chi connectivity index (χ3v) is 2.74. The van der Waals surface area contributed by atoms with Gasteiger partial charge in [-0.1, -0.05) is 18.5 Å². The molecule has 0 saturated heterocycles. The average molecular weight is 235 g/mol. The first-order chi connectivity index (χ1) is 7.70. The molecule has 0 bridgehead atoms. The van der Waals surface area contributed by atoms with Crippen molar-refractivity contribution < 1.29 is 0 Å². The fourth-order valence-corrected chi connectivity index (χ4v) is 1.86. The van der Waals surface area contributed by atoms with Crippen LogP contribution in [0.15, 0.2) is 24.3 Å². The lowest BCUT2D eigenvalue weighted by atomic mass is 10.1. The van der Waals surface area contributed by atoms with Crippen LogP contribution in [-0.4, -0.2) is 11.5 Å². The van der Waals surface area contributed by atoms with Crippen LogP contribution in [0.4, 0.5) is 5.82 Å². The van der Waals surface area contributed by atoms with Crippen molar-refractivity contribution in [2.45, 2.75) is 20.3 Å². The van der Waals surface area contributed by atoms with Crippen molar-refractivity contribution in [2.75, 3.05) is 11.9 Å². The molecule has 0 saturated carbocycles. The third-order valence-electron chi connectivity index (χ3n) is 2.51. The summed E-state index contributed by atoms with van der Waals surface area (Å²) in [5, 5.41) is 5.17. The Morgan fingerprint density at radius 1 is 1.31 bits per heavy atom. The number of aromatic nitrogens is 1. The molecule has 2 aromatic rings. The predicted octanol–water partition coefficient (Wildman–Crippen LogP) is 4.02. The molecule has 16 heavy (non-hydrogen) atoms. The van der Waals surface area contributed by atoms with E-state index < -0.39 is 0 Å². The van der Waals surface area contributed by atoms with Gasteiger partial charge in [0.2, 0.25) is 0 Å². The summed E-state index contributed by atoms with van der Waals surface area (Å²) in [7, 11) is 0. The van der Waals surface area contributed by atoms with Crippen LogP contribution in [0.25, 0.3) is 10.9 Å². The summed E-state index contributed by atoms with van der Waals surface area (Å²) in [5.41, 5.74) is 2.14. The van der Waals surface area contributed by atoms with E-state index in [1.807, 2.05) is 18.2 Å². The van der Waals surface area contributed by atoms with Gasteiger partial charge in [0.15, 0.2) is 0 Å². The van der Waals surface area contributed by atoms with Crippen LogP contribution in [0.5, 0.6) is 0 Å². The molecule has 2 rings (SSSR count). The van der Waals surface area contributed by atoms with Gasteiger partial charge in [-0.3, -0.25) is 0 Å². The van der Waals surface area contributed by atoms with Crippen molar-refractivity contribution in [1.29, 1.82) is 0 Å². The molecule has 0 aliphatic carbocycles. The lowest BCUT2D eigenvalue weighted by Crippen LogP contribution is -2.03. The first-order valence-corrected chi connectivity index (χ1v) is 5.89. The first-order valence-electron chi connectivity index (χ1n) is 5.51. The van der Waals surface area contributed by atoms with E-state index in [2.05, 4.69) is 30.2 Å². The molecule has 0 radical (unpaired) electrons. The van der Waals surface area contributed by atoms with Crippen LogP contribution in [0.2, 0.25) is 5.02 Å². The molecule has 0 amide bonds. The highest BCUT2D eigenvalue weighted by Gasteiger charge is 2.03. The maximum atomic E-state index is 5.95. The van der Waals surface area contributed by atoms with Crippen LogP contribution in [-0.2, 0) is 0 Å². The first kappa shape index (κ1) is 11.2. The van der Waals surface area contributed by atoms with Gasteiger partial charge in [-0.05, 0) is 43.2 Å². The van der Waals surface area contributed by atoms with Crippen molar-refractivity contribution >= 4 is 28.3 Å². The Morgan fingerprint density at radius 2 is 2.12 bits per heavy atom.